The number of carboxylic acid groups (broad SMARTS) is 1. The predicted octanol–water partition coefficient (Wildman–Crippen LogP) is -0.637. The Labute approximate surface area is 88.2 Å². The van der Waals surface area contributed by atoms with Gasteiger partial charge in [0.1, 0.15) is 0 Å². The number of aliphatic carboxylic acids is 1. The summed E-state index contributed by atoms with van der Waals surface area (Å²) in [5.74, 6) is -1.64. The number of carbonyl (C=O) groups is 2. The third-order valence-corrected chi connectivity index (χ3v) is 1.96. The Morgan fingerprint density at radius 3 is 2.53 bits per heavy atom. The van der Waals surface area contributed by atoms with Crippen LogP contribution >= 0.6 is 0 Å². The molecule has 2 unspecified atom stereocenters. The van der Waals surface area contributed by atoms with E-state index in [0.717, 1.165) is 0 Å². The van der Waals surface area contributed by atoms with E-state index in [1.165, 1.54) is 0 Å². The summed E-state index contributed by atoms with van der Waals surface area (Å²) >= 11 is 0. The van der Waals surface area contributed by atoms with E-state index in [1.54, 1.807) is 7.11 Å². The Kier molecular flexibility index (Phi) is 6.64. The second kappa shape index (κ2) is 7.19. The van der Waals surface area contributed by atoms with E-state index in [4.69, 9.17) is 14.9 Å². The molecule has 6 nitrogen and oxygen atoms in total. The number of carboxylic acids is 1. The molecule has 0 aliphatic heterocycles. The van der Waals surface area contributed by atoms with E-state index in [9.17, 15) is 9.59 Å². The van der Waals surface area contributed by atoms with Gasteiger partial charge >= 0.3 is 5.97 Å². The first-order valence-corrected chi connectivity index (χ1v) is 4.67. The van der Waals surface area contributed by atoms with Gasteiger partial charge in [-0.25, -0.2) is 4.79 Å². The standard InChI is InChI=1S/C9H17NO5/c1-6(15-2)3-4-8(12)10-5-7(11)9(13)14/h6-7,11H,3-5H2,1-2H3,(H,10,12)(H,13,14). The van der Waals surface area contributed by atoms with Gasteiger partial charge in [-0.2, -0.15) is 0 Å². The quantitative estimate of drug-likeness (QED) is 0.529. The van der Waals surface area contributed by atoms with Gasteiger partial charge in [-0.3, -0.25) is 4.79 Å². The van der Waals surface area contributed by atoms with E-state index in [1.807, 2.05) is 6.92 Å². The van der Waals surface area contributed by atoms with Crippen LogP contribution in [0.5, 0.6) is 0 Å². The summed E-state index contributed by atoms with van der Waals surface area (Å²) in [5.41, 5.74) is 0. The van der Waals surface area contributed by atoms with E-state index < -0.39 is 12.1 Å². The molecule has 88 valence electrons. The van der Waals surface area contributed by atoms with Crippen molar-refractivity contribution in [2.24, 2.45) is 0 Å². The van der Waals surface area contributed by atoms with Crippen molar-refractivity contribution in [3.8, 4) is 0 Å². The minimum Gasteiger partial charge on any atom is -0.479 e. The highest BCUT2D eigenvalue weighted by atomic mass is 16.5. The number of amides is 1. The Morgan fingerprint density at radius 1 is 1.47 bits per heavy atom. The molecule has 0 aromatic heterocycles. The maximum absolute atomic E-state index is 11.1. The van der Waals surface area contributed by atoms with Gasteiger partial charge in [0.05, 0.1) is 12.6 Å². The van der Waals surface area contributed by atoms with Crippen molar-refractivity contribution in [1.82, 2.24) is 5.32 Å². The predicted molar refractivity (Wildman–Crippen MR) is 52.4 cm³/mol. The Hall–Kier alpha value is -1.14. The summed E-state index contributed by atoms with van der Waals surface area (Å²) in [4.78, 5) is 21.3. The molecule has 15 heavy (non-hydrogen) atoms. The lowest BCUT2D eigenvalue weighted by molar-refractivity contribution is -0.146. The molecule has 0 heterocycles. The van der Waals surface area contributed by atoms with Crippen LogP contribution in [0.15, 0.2) is 0 Å². The van der Waals surface area contributed by atoms with Crippen LogP contribution in [0.3, 0.4) is 0 Å². The first-order valence-electron chi connectivity index (χ1n) is 4.67. The Bertz CT molecular complexity index is 219. The van der Waals surface area contributed by atoms with Crippen LogP contribution in [0.1, 0.15) is 19.8 Å². The molecule has 0 aliphatic rings. The summed E-state index contributed by atoms with van der Waals surface area (Å²) in [6.45, 7) is 1.56. The van der Waals surface area contributed by atoms with Gasteiger partial charge in [-0.05, 0) is 13.3 Å². The maximum atomic E-state index is 11.1. The summed E-state index contributed by atoms with van der Waals surface area (Å²) in [6.07, 6.45) is -0.749. The van der Waals surface area contributed by atoms with Crippen molar-refractivity contribution < 1.29 is 24.5 Å². The van der Waals surface area contributed by atoms with Crippen LogP contribution in [0, 0.1) is 0 Å². The lowest BCUT2D eigenvalue weighted by Gasteiger charge is -2.10. The second-order valence-corrected chi connectivity index (χ2v) is 3.24. The molecule has 2 atom stereocenters. The van der Waals surface area contributed by atoms with Crippen molar-refractivity contribution >= 4 is 11.9 Å². The molecule has 0 saturated carbocycles. The van der Waals surface area contributed by atoms with Crippen molar-refractivity contribution in [3.63, 3.8) is 0 Å². The summed E-state index contributed by atoms with van der Waals surface area (Å²) in [6, 6.07) is 0. The van der Waals surface area contributed by atoms with E-state index in [0.29, 0.717) is 6.42 Å². The molecule has 0 spiro atoms. The lowest BCUT2D eigenvalue weighted by atomic mass is 10.2. The molecular formula is C9H17NO5. The number of nitrogens with one attached hydrogen (secondary N) is 1. The molecule has 0 aromatic rings. The molecule has 0 rings (SSSR count). The van der Waals surface area contributed by atoms with E-state index >= 15 is 0 Å². The summed E-state index contributed by atoms with van der Waals surface area (Å²) in [5, 5.41) is 19.5. The highest BCUT2D eigenvalue weighted by Crippen LogP contribution is 1.99. The monoisotopic (exact) mass is 219 g/mol. The molecule has 0 aliphatic carbocycles. The lowest BCUT2D eigenvalue weighted by Crippen LogP contribution is -2.36. The fourth-order valence-electron chi connectivity index (χ4n) is 0.838. The minimum atomic E-state index is -1.55. The van der Waals surface area contributed by atoms with Crippen LogP contribution in [0.4, 0.5) is 0 Å². The highest BCUT2D eigenvalue weighted by Gasteiger charge is 2.14. The number of methoxy groups -OCH3 is 1. The zero-order chi connectivity index (χ0) is 11.8. The van der Waals surface area contributed by atoms with Crippen molar-refractivity contribution in [3.05, 3.63) is 0 Å². The van der Waals surface area contributed by atoms with E-state index in [-0.39, 0.29) is 25.0 Å². The molecule has 0 radical (unpaired) electrons. The van der Waals surface area contributed by atoms with Gasteiger partial charge < -0.3 is 20.3 Å². The van der Waals surface area contributed by atoms with Gasteiger partial charge in [0.2, 0.25) is 5.91 Å². The van der Waals surface area contributed by atoms with E-state index in [2.05, 4.69) is 5.32 Å². The van der Waals surface area contributed by atoms with Crippen LogP contribution in [-0.2, 0) is 14.3 Å². The smallest absolute Gasteiger partial charge is 0.334 e. The number of hydrogen-bond acceptors (Lipinski definition) is 4. The first kappa shape index (κ1) is 13.9. The largest absolute Gasteiger partial charge is 0.479 e. The third kappa shape index (κ3) is 6.87. The van der Waals surface area contributed by atoms with Gasteiger partial charge in [0.15, 0.2) is 6.10 Å². The maximum Gasteiger partial charge on any atom is 0.334 e. The van der Waals surface area contributed by atoms with Crippen LogP contribution < -0.4 is 5.32 Å². The highest BCUT2D eigenvalue weighted by molar-refractivity contribution is 5.77. The fourth-order valence-corrected chi connectivity index (χ4v) is 0.838. The molecule has 3 N–H and O–H groups in total. The number of rotatable bonds is 7. The number of aliphatic hydroxyl groups is 1. The molecule has 0 saturated heterocycles. The first-order chi connectivity index (χ1) is 6.97. The molecule has 0 fully saturated rings. The molecule has 1 amide bonds. The molecular weight excluding hydrogens is 202 g/mol. The average molecular weight is 219 g/mol. The third-order valence-electron chi connectivity index (χ3n) is 1.96. The number of ether oxygens (including phenoxy) is 1. The minimum absolute atomic E-state index is 0.0138. The number of hydrogen-bond donors (Lipinski definition) is 3. The van der Waals surface area contributed by atoms with Crippen molar-refractivity contribution in [1.29, 1.82) is 0 Å². The van der Waals surface area contributed by atoms with Gasteiger partial charge in [-0.1, -0.05) is 0 Å². The number of carbonyl (C=O) groups excluding carboxylic acids is 1. The second-order valence-electron chi connectivity index (χ2n) is 3.24. The fraction of sp³-hybridized carbons (Fsp3) is 0.778. The topological polar surface area (TPSA) is 95.9 Å². The number of aliphatic hydroxyl groups excluding tert-OH is 1. The van der Waals surface area contributed by atoms with Crippen LogP contribution in [0.25, 0.3) is 0 Å². The van der Waals surface area contributed by atoms with Crippen LogP contribution in [0.2, 0.25) is 0 Å². The van der Waals surface area contributed by atoms with Crippen molar-refractivity contribution in [2.45, 2.75) is 32.0 Å². The molecule has 6 heteroatoms. The van der Waals surface area contributed by atoms with Gasteiger partial charge in [0, 0.05) is 13.5 Å². The summed E-state index contributed by atoms with van der Waals surface area (Å²) in [7, 11) is 1.55. The summed E-state index contributed by atoms with van der Waals surface area (Å²) < 4.78 is 4.94. The Morgan fingerprint density at radius 2 is 2.07 bits per heavy atom. The zero-order valence-electron chi connectivity index (χ0n) is 8.90. The van der Waals surface area contributed by atoms with Gasteiger partial charge in [-0.15, -0.1) is 0 Å². The van der Waals surface area contributed by atoms with Crippen LogP contribution in [-0.4, -0.2) is 48.0 Å². The average Bonchev–Trinajstić information content (AvgIpc) is 2.21. The normalized spacial score (nSPS) is 14.3. The molecule has 0 bridgehead atoms. The SMILES string of the molecule is COC(C)CCC(=O)NCC(O)C(=O)O. The van der Waals surface area contributed by atoms with Crippen molar-refractivity contribution in [2.75, 3.05) is 13.7 Å². The molecule has 0 aromatic carbocycles. The zero-order valence-corrected chi connectivity index (χ0v) is 8.90. The Balaban J connectivity index is 3.62. The van der Waals surface area contributed by atoms with Gasteiger partial charge in [0.25, 0.3) is 0 Å².